The van der Waals surface area contributed by atoms with E-state index in [4.69, 9.17) is 0 Å². The monoisotopic (exact) mass is 455 g/mol. The minimum Gasteiger partial charge on any atom is -0.355 e. The van der Waals surface area contributed by atoms with Crippen molar-refractivity contribution in [2.24, 2.45) is 0 Å². The maximum absolute atomic E-state index is 13.0. The normalized spacial score (nSPS) is 18.9. The second-order valence-corrected chi connectivity index (χ2v) is 9.65. The molecule has 0 atom stereocenters. The molecule has 7 nitrogen and oxygen atoms in total. The lowest BCUT2D eigenvalue weighted by Crippen LogP contribution is -2.49. The van der Waals surface area contributed by atoms with Crippen molar-refractivity contribution in [1.82, 2.24) is 14.5 Å². The van der Waals surface area contributed by atoms with Gasteiger partial charge in [-0.05, 0) is 49.6 Å². The molecule has 2 fully saturated rings. The standard InChI is InChI=1S/C20H24F3N5O2S/c21-20(22,23)16-5-4-6-17(15-16)31(29,30)28-13-11-27(12-14-28)19-8-7-18(24-25-19)26-9-2-1-3-10-26/h4-8,15H,1-3,9-14H2. The van der Waals surface area contributed by atoms with E-state index >= 15 is 0 Å². The number of nitrogens with zero attached hydrogens (tertiary/aromatic N) is 5. The zero-order valence-electron chi connectivity index (χ0n) is 16.9. The van der Waals surface area contributed by atoms with Gasteiger partial charge in [0.25, 0.3) is 0 Å². The third-order valence-electron chi connectivity index (χ3n) is 5.68. The summed E-state index contributed by atoms with van der Waals surface area (Å²) in [7, 11) is -4.01. The maximum atomic E-state index is 13.0. The Morgan fingerprint density at radius 2 is 1.35 bits per heavy atom. The van der Waals surface area contributed by atoms with E-state index < -0.39 is 21.8 Å². The van der Waals surface area contributed by atoms with Crippen LogP contribution in [0.2, 0.25) is 0 Å². The first kappa shape index (κ1) is 21.8. The molecule has 2 aliphatic rings. The zero-order valence-corrected chi connectivity index (χ0v) is 17.7. The van der Waals surface area contributed by atoms with E-state index in [2.05, 4.69) is 15.1 Å². The van der Waals surface area contributed by atoms with Crippen LogP contribution in [0.5, 0.6) is 0 Å². The molecular formula is C20H24F3N5O2S. The highest BCUT2D eigenvalue weighted by Gasteiger charge is 2.34. The van der Waals surface area contributed by atoms with Crippen LogP contribution in [0, 0.1) is 0 Å². The van der Waals surface area contributed by atoms with Crippen LogP contribution in [0.15, 0.2) is 41.3 Å². The first-order chi connectivity index (χ1) is 14.7. The Morgan fingerprint density at radius 1 is 0.774 bits per heavy atom. The lowest BCUT2D eigenvalue weighted by atomic mass is 10.1. The number of halogens is 3. The third-order valence-corrected chi connectivity index (χ3v) is 7.57. The van der Waals surface area contributed by atoms with Crippen molar-refractivity contribution >= 4 is 21.7 Å². The predicted octanol–water partition coefficient (Wildman–Crippen LogP) is 3.00. The Hall–Kier alpha value is -2.40. The molecule has 31 heavy (non-hydrogen) atoms. The molecule has 0 spiro atoms. The van der Waals surface area contributed by atoms with Crippen molar-refractivity contribution in [2.45, 2.75) is 30.3 Å². The molecule has 1 aromatic heterocycles. The van der Waals surface area contributed by atoms with Gasteiger partial charge in [0.05, 0.1) is 10.5 Å². The minimum absolute atomic E-state index is 0.161. The number of rotatable bonds is 4. The lowest BCUT2D eigenvalue weighted by molar-refractivity contribution is -0.137. The molecule has 0 N–H and O–H groups in total. The molecule has 3 heterocycles. The topological polar surface area (TPSA) is 69.6 Å². The van der Waals surface area contributed by atoms with E-state index in [0.717, 1.165) is 43.9 Å². The molecule has 0 aliphatic carbocycles. The molecule has 0 unspecified atom stereocenters. The van der Waals surface area contributed by atoms with E-state index in [-0.39, 0.29) is 18.0 Å². The highest BCUT2D eigenvalue weighted by atomic mass is 32.2. The molecule has 2 saturated heterocycles. The van der Waals surface area contributed by atoms with Gasteiger partial charge in [-0.25, -0.2) is 8.42 Å². The Labute approximate surface area is 179 Å². The van der Waals surface area contributed by atoms with Crippen molar-refractivity contribution in [3.05, 3.63) is 42.0 Å². The van der Waals surface area contributed by atoms with Gasteiger partial charge in [0, 0.05) is 39.3 Å². The van der Waals surface area contributed by atoms with Gasteiger partial charge in [-0.1, -0.05) is 6.07 Å². The van der Waals surface area contributed by atoms with Gasteiger partial charge >= 0.3 is 6.18 Å². The number of benzene rings is 1. The number of aromatic nitrogens is 2. The quantitative estimate of drug-likeness (QED) is 0.706. The summed E-state index contributed by atoms with van der Waals surface area (Å²) in [6, 6.07) is 7.68. The smallest absolute Gasteiger partial charge is 0.355 e. The van der Waals surface area contributed by atoms with Crippen molar-refractivity contribution in [2.75, 3.05) is 49.1 Å². The Kier molecular flexibility index (Phi) is 6.07. The van der Waals surface area contributed by atoms with Crippen LogP contribution in [0.1, 0.15) is 24.8 Å². The number of piperazine rings is 1. The van der Waals surface area contributed by atoms with E-state index in [1.807, 2.05) is 17.0 Å². The number of sulfonamides is 1. The van der Waals surface area contributed by atoms with Gasteiger partial charge in [0.15, 0.2) is 11.6 Å². The summed E-state index contributed by atoms with van der Waals surface area (Å²) < 4.78 is 65.7. The summed E-state index contributed by atoms with van der Waals surface area (Å²) in [6.07, 6.45) is -1.07. The predicted molar refractivity (Wildman–Crippen MR) is 111 cm³/mol. The van der Waals surface area contributed by atoms with Crippen molar-refractivity contribution in [3.8, 4) is 0 Å². The summed E-state index contributed by atoms with van der Waals surface area (Å²) in [5, 5.41) is 8.62. The van der Waals surface area contributed by atoms with E-state index in [9.17, 15) is 21.6 Å². The average molecular weight is 456 g/mol. The second kappa shape index (κ2) is 8.62. The summed E-state index contributed by atoms with van der Waals surface area (Å²) in [4.78, 5) is 3.80. The Balaban J connectivity index is 1.41. The number of hydrogen-bond acceptors (Lipinski definition) is 6. The number of piperidine rings is 1. The lowest BCUT2D eigenvalue weighted by Gasteiger charge is -2.34. The van der Waals surface area contributed by atoms with Gasteiger partial charge in [-0.15, -0.1) is 10.2 Å². The third kappa shape index (κ3) is 4.77. The maximum Gasteiger partial charge on any atom is 0.416 e. The molecule has 0 radical (unpaired) electrons. The number of anilines is 2. The summed E-state index contributed by atoms with van der Waals surface area (Å²) >= 11 is 0. The highest BCUT2D eigenvalue weighted by Crippen LogP contribution is 2.31. The Bertz CT molecular complexity index is 1000. The van der Waals surface area contributed by atoms with Crippen molar-refractivity contribution in [1.29, 1.82) is 0 Å². The van der Waals surface area contributed by atoms with Crippen molar-refractivity contribution in [3.63, 3.8) is 0 Å². The first-order valence-corrected chi connectivity index (χ1v) is 11.7. The van der Waals surface area contributed by atoms with Crippen LogP contribution < -0.4 is 9.80 Å². The fourth-order valence-electron chi connectivity index (χ4n) is 3.92. The minimum atomic E-state index is -4.59. The molecule has 4 rings (SSSR count). The molecule has 0 amide bonds. The van der Waals surface area contributed by atoms with Crippen LogP contribution >= 0.6 is 0 Å². The van der Waals surface area contributed by atoms with Crippen LogP contribution in [0.3, 0.4) is 0 Å². The number of alkyl halides is 3. The summed E-state index contributed by atoms with van der Waals surface area (Å²) in [5.41, 5.74) is -0.976. The molecule has 1 aromatic carbocycles. The van der Waals surface area contributed by atoms with E-state index in [1.165, 1.54) is 16.8 Å². The van der Waals surface area contributed by atoms with Gasteiger partial charge in [-0.3, -0.25) is 0 Å². The summed E-state index contributed by atoms with van der Waals surface area (Å²) in [6.45, 7) is 3.04. The molecule has 168 valence electrons. The van der Waals surface area contributed by atoms with E-state index in [1.54, 1.807) is 0 Å². The van der Waals surface area contributed by atoms with Gasteiger partial charge in [0.1, 0.15) is 0 Å². The SMILES string of the molecule is O=S(=O)(c1cccc(C(F)(F)F)c1)N1CCN(c2ccc(N3CCCCC3)nn2)CC1. The molecule has 0 saturated carbocycles. The second-order valence-electron chi connectivity index (χ2n) is 7.71. The molecular weight excluding hydrogens is 431 g/mol. The van der Waals surface area contributed by atoms with Gasteiger partial charge in [-0.2, -0.15) is 17.5 Å². The molecule has 2 aromatic rings. The average Bonchev–Trinajstić information content (AvgIpc) is 2.79. The largest absolute Gasteiger partial charge is 0.416 e. The highest BCUT2D eigenvalue weighted by molar-refractivity contribution is 7.89. The summed E-state index contributed by atoms with van der Waals surface area (Å²) in [5.74, 6) is 1.51. The van der Waals surface area contributed by atoms with E-state index in [0.29, 0.717) is 25.0 Å². The molecule has 2 aliphatic heterocycles. The van der Waals surface area contributed by atoms with Gasteiger partial charge < -0.3 is 9.80 Å². The van der Waals surface area contributed by atoms with Crippen LogP contribution in [0.4, 0.5) is 24.8 Å². The molecule has 11 heteroatoms. The van der Waals surface area contributed by atoms with Crippen LogP contribution in [-0.4, -0.2) is 62.2 Å². The molecule has 0 bridgehead atoms. The zero-order chi connectivity index (χ0) is 22.1. The fraction of sp³-hybridized carbons (Fsp3) is 0.500. The van der Waals surface area contributed by atoms with Gasteiger partial charge in [0.2, 0.25) is 10.0 Å². The fourth-order valence-corrected chi connectivity index (χ4v) is 5.39. The van der Waals surface area contributed by atoms with Crippen LogP contribution in [-0.2, 0) is 16.2 Å². The van der Waals surface area contributed by atoms with Crippen molar-refractivity contribution < 1.29 is 21.6 Å². The number of hydrogen-bond donors (Lipinski definition) is 0. The van der Waals surface area contributed by atoms with Crippen LogP contribution in [0.25, 0.3) is 0 Å². The first-order valence-electron chi connectivity index (χ1n) is 10.3. The Morgan fingerprint density at radius 3 is 1.90 bits per heavy atom.